The van der Waals surface area contributed by atoms with Crippen LogP contribution >= 0.6 is 23.2 Å². The van der Waals surface area contributed by atoms with Gasteiger partial charge in [0.2, 0.25) is 21.8 Å². The lowest BCUT2D eigenvalue weighted by molar-refractivity contribution is -0.140. The zero-order valence-corrected chi connectivity index (χ0v) is 25.8. The summed E-state index contributed by atoms with van der Waals surface area (Å²) < 4.78 is 32.3. The van der Waals surface area contributed by atoms with Crippen LogP contribution in [0.5, 0.6) is 5.75 Å². The molecule has 8 nitrogen and oxygen atoms in total. The summed E-state index contributed by atoms with van der Waals surface area (Å²) in [4.78, 5) is 29.3. The van der Waals surface area contributed by atoms with Crippen molar-refractivity contribution in [3.05, 3.63) is 94.0 Å². The molecule has 0 heterocycles. The molecule has 0 spiro atoms. The number of halogens is 2. The molecule has 0 saturated heterocycles. The SMILES string of the molecule is CC[C@@H](C)NC(=O)[C@H](Cc1ccccc1)N(Cc1ccc(Cl)cc1Cl)C(=O)CN(c1ccccc1OC)S(C)(=O)=O. The summed E-state index contributed by atoms with van der Waals surface area (Å²) in [6.45, 7) is 3.22. The van der Waals surface area contributed by atoms with Crippen molar-refractivity contribution in [3.63, 3.8) is 0 Å². The Morgan fingerprint density at radius 3 is 2.27 bits per heavy atom. The Balaban J connectivity index is 2.11. The molecule has 0 aliphatic rings. The lowest BCUT2D eigenvalue weighted by atomic mass is 10.0. The van der Waals surface area contributed by atoms with Gasteiger partial charge in [-0.2, -0.15) is 0 Å². The second-order valence-electron chi connectivity index (χ2n) is 9.72. The molecule has 0 bridgehead atoms. The highest BCUT2D eigenvalue weighted by Crippen LogP contribution is 2.30. The molecule has 0 fully saturated rings. The molecule has 3 aromatic rings. The van der Waals surface area contributed by atoms with E-state index < -0.39 is 28.5 Å². The molecule has 0 aromatic heterocycles. The van der Waals surface area contributed by atoms with Gasteiger partial charge in [-0.15, -0.1) is 0 Å². The molecule has 0 radical (unpaired) electrons. The third-order valence-electron chi connectivity index (χ3n) is 6.66. The summed E-state index contributed by atoms with van der Waals surface area (Å²) in [6, 6.07) is 19.6. The van der Waals surface area contributed by atoms with Gasteiger partial charge in [-0.05, 0) is 48.7 Å². The Labute approximate surface area is 252 Å². The van der Waals surface area contributed by atoms with Crippen LogP contribution in [0.2, 0.25) is 10.0 Å². The van der Waals surface area contributed by atoms with Gasteiger partial charge in [0, 0.05) is 29.1 Å². The van der Waals surface area contributed by atoms with Crippen molar-refractivity contribution in [2.75, 3.05) is 24.2 Å². The Morgan fingerprint density at radius 2 is 1.66 bits per heavy atom. The number of benzene rings is 3. The number of hydrogen-bond acceptors (Lipinski definition) is 5. The lowest BCUT2D eigenvalue weighted by Gasteiger charge is -2.34. The number of nitrogens with zero attached hydrogens (tertiary/aromatic N) is 2. The van der Waals surface area contributed by atoms with E-state index in [-0.39, 0.29) is 36.4 Å². The number of ether oxygens (including phenoxy) is 1. The first-order valence-corrected chi connectivity index (χ1v) is 15.7. The van der Waals surface area contributed by atoms with Crippen LogP contribution in [0, 0.1) is 0 Å². The highest BCUT2D eigenvalue weighted by Gasteiger charge is 2.34. The van der Waals surface area contributed by atoms with Crippen LogP contribution in [-0.4, -0.2) is 57.1 Å². The number of sulfonamides is 1. The van der Waals surface area contributed by atoms with Crippen molar-refractivity contribution in [1.29, 1.82) is 0 Å². The van der Waals surface area contributed by atoms with Crippen molar-refractivity contribution in [1.82, 2.24) is 10.2 Å². The highest BCUT2D eigenvalue weighted by molar-refractivity contribution is 7.92. The van der Waals surface area contributed by atoms with E-state index in [1.807, 2.05) is 44.2 Å². The van der Waals surface area contributed by atoms with Crippen molar-refractivity contribution in [3.8, 4) is 5.75 Å². The highest BCUT2D eigenvalue weighted by atomic mass is 35.5. The molecule has 41 heavy (non-hydrogen) atoms. The first-order chi connectivity index (χ1) is 19.4. The molecule has 2 amide bonds. The average molecular weight is 621 g/mol. The fourth-order valence-electron chi connectivity index (χ4n) is 4.26. The summed E-state index contributed by atoms with van der Waals surface area (Å²) in [5.41, 5.74) is 1.60. The predicted octanol–water partition coefficient (Wildman–Crippen LogP) is 5.32. The number of para-hydroxylation sites is 2. The maximum Gasteiger partial charge on any atom is 0.244 e. The Morgan fingerprint density at radius 1 is 1.00 bits per heavy atom. The minimum absolute atomic E-state index is 0.0518. The molecule has 0 aliphatic carbocycles. The van der Waals surface area contributed by atoms with Gasteiger partial charge < -0.3 is 15.0 Å². The van der Waals surface area contributed by atoms with Crippen LogP contribution in [0.1, 0.15) is 31.4 Å². The van der Waals surface area contributed by atoms with Crippen molar-refractivity contribution < 1.29 is 22.7 Å². The van der Waals surface area contributed by atoms with Gasteiger partial charge in [-0.3, -0.25) is 13.9 Å². The molecule has 11 heteroatoms. The number of methoxy groups -OCH3 is 1. The smallest absolute Gasteiger partial charge is 0.244 e. The lowest BCUT2D eigenvalue weighted by Crippen LogP contribution is -2.54. The number of hydrogen-bond donors (Lipinski definition) is 1. The molecular weight excluding hydrogens is 585 g/mol. The minimum atomic E-state index is -3.93. The largest absolute Gasteiger partial charge is 0.495 e. The third kappa shape index (κ3) is 8.86. The predicted molar refractivity (Wildman–Crippen MR) is 164 cm³/mol. The number of amides is 2. The van der Waals surface area contributed by atoms with E-state index in [0.717, 1.165) is 16.1 Å². The zero-order chi connectivity index (χ0) is 30.2. The summed E-state index contributed by atoms with van der Waals surface area (Å²) in [7, 11) is -2.51. The van der Waals surface area contributed by atoms with Crippen molar-refractivity contribution in [2.24, 2.45) is 0 Å². The van der Waals surface area contributed by atoms with Gasteiger partial charge in [0.15, 0.2) is 0 Å². The second kappa shape index (κ2) is 14.6. The molecule has 0 unspecified atom stereocenters. The molecule has 220 valence electrons. The van der Waals surface area contributed by atoms with Crippen molar-refractivity contribution >= 4 is 50.7 Å². The number of anilines is 1. The summed E-state index contributed by atoms with van der Waals surface area (Å²) in [6.07, 6.45) is 1.91. The maximum absolute atomic E-state index is 14.2. The summed E-state index contributed by atoms with van der Waals surface area (Å²) >= 11 is 12.6. The van der Waals surface area contributed by atoms with Gasteiger partial charge in [0.25, 0.3) is 0 Å². The molecule has 3 rings (SSSR count). The van der Waals surface area contributed by atoms with Gasteiger partial charge in [-0.1, -0.05) is 78.7 Å². The first-order valence-electron chi connectivity index (χ1n) is 13.1. The van der Waals surface area contributed by atoms with Crippen LogP contribution in [0.3, 0.4) is 0 Å². The number of rotatable bonds is 13. The van der Waals surface area contributed by atoms with E-state index in [1.165, 1.54) is 12.0 Å². The van der Waals surface area contributed by atoms with Crippen LogP contribution in [0.15, 0.2) is 72.8 Å². The van der Waals surface area contributed by atoms with Crippen LogP contribution in [-0.2, 0) is 32.6 Å². The molecule has 2 atom stereocenters. The van der Waals surface area contributed by atoms with Crippen LogP contribution < -0.4 is 14.4 Å². The van der Waals surface area contributed by atoms with E-state index in [1.54, 1.807) is 42.5 Å². The quantitative estimate of drug-likeness (QED) is 0.279. The fourth-order valence-corrected chi connectivity index (χ4v) is 5.58. The van der Waals surface area contributed by atoms with Gasteiger partial charge in [0.1, 0.15) is 18.3 Å². The van der Waals surface area contributed by atoms with E-state index >= 15 is 0 Å². The monoisotopic (exact) mass is 619 g/mol. The number of carbonyl (C=O) groups is 2. The second-order valence-corrected chi connectivity index (χ2v) is 12.5. The Bertz CT molecular complexity index is 1450. The van der Waals surface area contributed by atoms with Gasteiger partial charge >= 0.3 is 0 Å². The van der Waals surface area contributed by atoms with Gasteiger partial charge in [0.05, 0.1) is 19.1 Å². The molecule has 1 N–H and O–H groups in total. The first kappa shape index (κ1) is 32.2. The van der Waals surface area contributed by atoms with E-state index in [0.29, 0.717) is 22.0 Å². The Kier molecular flexibility index (Phi) is 11.5. The van der Waals surface area contributed by atoms with E-state index in [9.17, 15) is 18.0 Å². The normalized spacial score (nSPS) is 12.7. The number of nitrogens with one attached hydrogen (secondary N) is 1. The van der Waals surface area contributed by atoms with Crippen molar-refractivity contribution in [2.45, 2.75) is 45.3 Å². The fraction of sp³-hybridized carbons (Fsp3) is 0.333. The topological polar surface area (TPSA) is 96.0 Å². The third-order valence-corrected chi connectivity index (χ3v) is 8.37. The zero-order valence-electron chi connectivity index (χ0n) is 23.5. The maximum atomic E-state index is 14.2. The molecular formula is C30H35Cl2N3O5S. The molecule has 0 saturated carbocycles. The average Bonchev–Trinajstić information content (AvgIpc) is 2.94. The van der Waals surface area contributed by atoms with Crippen LogP contribution in [0.4, 0.5) is 5.69 Å². The standard InChI is InChI=1S/C30H35Cl2N3O5S/c1-5-21(2)33-30(37)27(17-22-11-7-6-8-12-22)34(19-23-15-16-24(31)18-25(23)32)29(36)20-35(41(4,38)39)26-13-9-10-14-28(26)40-3/h6-16,18,21,27H,5,17,19-20H2,1-4H3,(H,33,37)/t21-,27+/m1/s1. The molecule has 3 aromatic carbocycles. The molecule has 0 aliphatic heterocycles. The van der Waals surface area contributed by atoms with Gasteiger partial charge in [-0.25, -0.2) is 8.42 Å². The Hall–Kier alpha value is -3.27. The number of carbonyl (C=O) groups excluding carboxylic acids is 2. The van der Waals surface area contributed by atoms with Crippen LogP contribution in [0.25, 0.3) is 0 Å². The minimum Gasteiger partial charge on any atom is -0.495 e. The van der Waals surface area contributed by atoms with E-state index in [2.05, 4.69) is 5.32 Å². The summed E-state index contributed by atoms with van der Waals surface area (Å²) in [5.74, 6) is -0.661. The van der Waals surface area contributed by atoms with E-state index in [4.69, 9.17) is 27.9 Å². The summed E-state index contributed by atoms with van der Waals surface area (Å²) in [5, 5.41) is 3.73.